The molecule has 0 atom stereocenters. The molecule has 0 heterocycles. The maximum Gasteiger partial charge on any atom is 0.240 e. The number of amides is 1. The summed E-state index contributed by atoms with van der Waals surface area (Å²) in [5.41, 5.74) is 0.130. The number of carbonyl (C=O) groups excluding carboxylic acids is 1. The zero-order valence-corrected chi connectivity index (χ0v) is 11.0. The SMILES string of the molecule is Cc1cccc(OCCNC(=O)C(C)(C)C#N)c1. The lowest BCUT2D eigenvalue weighted by Crippen LogP contribution is -2.38. The molecule has 0 spiro atoms. The number of nitriles is 1. The van der Waals surface area contributed by atoms with Gasteiger partial charge < -0.3 is 10.1 Å². The summed E-state index contributed by atoms with van der Waals surface area (Å²) in [5.74, 6) is 0.502. The third-order valence-corrected chi connectivity index (χ3v) is 2.49. The van der Waals surface area contributed by atoms with Gasteiger partial charge in [0, 0.05) is 0 Å². The van der Waals surface area contributed by atoms with E-state index in [0.29, 0.717) is 13.2 Å². The molecule has 0 aromatic heterocycles. The van der Waals surface area contributed by atoms with Crippen molar-refractivity contribution in [3.63, 3.8) is 0 Å². The molecular formula is C14H18N2O2. The first-order chi connectivity index (χ1) is 8.45. The van der Waals surface area contributed by atoms with Crippen LogP contribution in [0.5, 0.6) is 5.75 Å². The average Bonchev–Trinajstić information content (AvgIpc) is 2.34. The summed E-state index contributed by atoms with van der Waals surface area (Å²) in [7, 11) is 0. The van der Waals surface area contributed by atoms with Gasteiger partial charge in [0.25, 0.3) is 0 Å². The molecule has 4 heteroatoms. The van der Waals surface area contributed by atoms with Crippen LogP contribution in [0, 0.1) is 23.7 Å². The van der Waals surface area contributed by atoms with E-state index >= 15 is 0 Å². The van der Waals surface area contributed by atoms with Crippen molar-refractivity contribution in [3.8, 4) is 11.8 Å². The van der Waals surface area contributed by atoms with Crippen LogP contribution in [0.4, 0.5) is 0 Å². The Labute approximate surface area is 108 Å². The van der Waals surface area contributed by atoms with Crippen LogP contribution in [0.2, 0.25) is 0 Å². The number of hydrogen-bond donors (Lipinski definition) is 1. The van der Waals surface area contributed by atoms with E-state index in [9.17, 15) is 4.79 Å². The minimum Gasteiger partial charge on any atom is -0.492 e. The van der Waals surface area contributed by atoms with Gasteiger partial charge >= 0.3 is 0 Å². The van der Waals surface area contributed by atoms with E-state index in [2.05, 4.69) is 5.32 Å². The number of aryl methyl sites for hydroxylation is 1. The molecule has 0 fully saturated rings. The van der Waals surface area contributed by atoms with Gasteiger partial charge in [-0.3, -0.25) is 4.79 Å². The molecule has 0 aliphatic rings. The molecule has 0 aliphatic heterocycles. The Kier molecular flexibility index (Phi) is 4.73. The minimum atomic E-state index is -0.997. The number of benzene rings is 1. The number of hydrogen-bond acceptors (Lipinski definition) is 3. The van der Waals surface area contributed by atoms with Crippen LogP contribution < -0.4 is 10.1 Å². The van der Waals surface area contributed by atoms with Gasteiger partial charge in [0.2, 0.25) is 5.91 Å². The maximum atomic E-state index is 11.6. The van der Waals surface area contributed by atoms with Crippen LogP contribution in [0.15, 0.2) is 24.3 Å². The van der Waals surface area contributed by atoms with Gasteiger partial charge in [-0.2, -0.15) is 5.26 Å². The number of carbonyl (C=O) groups is 1. The minimum absolute atomic E-state index is 0.280. The summed E-state index contributed by atoms with van der Waals surface area (Å²) < 4.78 is 5.49. The Balaban J connectivity index is 2.32. The smallest absolute Gasteiger partial charge is 0.240 e. The lowest BCUT2D eigenvalue weighted by molar-refractivity contribution is -0.126. The fourth-order valence-electron chi connectivity index (χ4n) is 1.31. The van der Waals surface area contributed by atoms with Crippen molar-refractivity contribution < 1.29 is 9.53 Å². The van der Waals surface area contributed by atoms with Crippen LogP contribution in [-0.4, -0.2) is 19.1 Å². The van der Waals surface area contributed by atoms with Gasteiger partial charge in [-0.25, -0.2) is 0 Å². The lowest BCUT2D eigenvalue weighted by Gasteiger charge is -2.15. The number of ether oxygens (including phenoxy) is 1. The molecule has 0 saturated carbocycles. The highest BCUT2D eigenvalue weighted by atomic mass is 16.5. The van der Waals surface area contributed by atoms with Crippen molar-refractivity contribution in [1.82, 2.24) is 5.32 Å². The second-order valence-electron chi connectivity index (χ2n) is 4.66. The highest BCUT2D eigenvalue weighted by molar-refractivity contribution is 5.84. The Morgan fingerprint density at radius 2 is 2.22 bits per heavy atom. The third-order valence-electron chi connectivity index (χ3n) is 2.49. The van der Waals surface area contributed by atoms with Crippen molar-refractivity contribution in [2.24, 2.45) is 5.41 Å². The molecule has 0 aliphatic carbocycles. The van der Waals surface area contributed by atoms with Crippen molar-refractivity contribution in [2.75, 3.05) is 13.2 Å². The first-order valence-corrected chi connectivity index (χ1v) is 5.85. The van der Waals surface area contributed by atoms with Gasteiger partial charge in [0.1, 0.15) is 17.8 Å². The predicted molar refractivity (Wildman–Crippen MR) is 69.1 cm³/mol. The Morgan fingerprint density at radius 3 is 2.83 bits per heavy atom. The Hall–Kier alpha value is -2.02. The monoisotopic (exact) mass is 246 g/mol. The molecule has 0 bridgehead atoms. The van der Waals surface area contributed by atoms with Crippen molar-refractivity contribution in [1.29, 1.82) is 5.26 Å². The molecule has 1 N–H and O–H groups in total. The molecule has 1 aromatic rings. The van der Waals surface area contributed by atoms with Gasteiger partial charge in [0.15, 0.2) is 0 Å². The van der Waals surface area contributed by atoms with Crippen LogP contribution >= 0.6 is 0 Å². The Morgan fingerprint density at radius 1 is 1.50 bits per heavy atom. The van der Waals surface area contributed by atoms with Crippen LogP contribution in [-0.2, 0) is 4.79 Å². The van der Waals surface area contributed by atoms with Gasteiger partial charge in [-0.15, -0.1) is 0 Å². The van der Waals surface area contributed by atoms with Gasteiger partial charge in [-0.05, 0) is 38.5 Å². The quantitative estimate of drug-likeness (QED) is 0.809. The second-order valence-corrected chi connectivity index (χ2v) is 4.66. The topological polar surface area (TPSA) is 62.1 Å². The van der Waals surface area contributed by atoms with E-state index in [4.69, 9.17) is 10.00 Å². The second kappa shape index (κ2) is 6.06. The largest absolute Gasteiger partial charge is 0.492 e. The number of nitrogens with one attached hydrogen (secondary N) is 1. The van der Waals surface area contributed by atoms with Crippen molar-refractivity contribution in [2.45, 2.75) is 20.8 Å². The fourth-order valence-corrected chi connectivity index (χ4v) is 1.31. The summed E-state index contributed by atoms with van der Waals surface area (Å²) in [4.78, 5) is 11.6. The third kappa shape index (κ3) is 4.10. The number of rotatable bonds is 5. The summed E-state index contributed by atoms with van der Waals surface area (Å²) >= 11 is 0. The van der Waals surface area contributed by atoms with Crippen LogP contribution in [0.3, 0.4) is 0 Å². The van der Waals surface area contributed by atoms with E-state index in [1.165, 1.54) is 0 Å². The van der Waals surface area contributed by atoms with E-state index in [1.807, 2.05) is 37.3 Å². The highest BCUT2D eigenvalue weighted by Crippen LogP contribution is 2.13. The van der Waals surface area contributed by atoms with Gasteiger partial charge in [0.05, 0.1) is 12.6 Å². The number of nitrogens with zero attached hydrogens (tertiary/aromatic N) is 1. The zero-order valence-electron chi connectivity index (χ0n) is 11.0. The lowest BCUT2D eigenvalue weighted by atomic mass is 9.95. The van der Waals surface area contributed by atoms with E-state index in [-0.39, 0.29) is 5.91 Å². The molecule has 4 nitrogen and oxygen atoms in total. The normalized spacial score (nSPS) is 10.6. The molecular weight excluding hydrogens is 228 g/mol. The van der Waals surface area contributed by atoms with Crippen molar-refractivity contribution in [3.05, 3.63) is 29.8 Å². The van der Waals surface area contributed by atoms with E-state index in [1.54, 1.807) is 13.8 Å². The predicted octanol–water partition coefficient (Wildman–Crippen LogP) is 2.04. The molecule has 18 heavy (non-hydrogen) atoms. The molecule has 1 aromatic carbocycles. The molecule has 96 valence electrons. The fraction of sp³-hybridized carbons (Fsp3) is 0.429. The molecule has 0 radical (unpaired) electrons. The summed E-state index contributed by atoms with van der Waals surface area (Å²) in [6.45, 7) is 5.94. The van der Waals surface area contributed by atoms with Crippen LogP contribution in [0.1, 0.15) is 19.4 Å². The first kappa shape index (κ1) is 14.0. The molecule has 1 amide bonds. The highest BCUT2D eigenvalue weighted by Gasteiger charge is 2.26. The van der Waals surface area contributed by atoms with Crippen LogP contribution in [0.25, 0.3) is 0 Å². The van der Waals surface area contributed by atoms with E-state index in [0.717, 1.165) is 11.3 Å². The molecule has 0 unspecified atom stereocenters. The standard InChI is InChI=1S/C14H18N2O2/c1-11-5-4-6-12(9-11)18-8-7-16-13(17)14(2,3)10-15/h4-6,9H,7-8H2,1-3H3,(H,16,17). The Bertz CT molecular complexity index is 461. The summed E-state index contributed by atoms with van der Waals surface area (Å²) in [6, 6.07) is 9.66. The van der Waals surface area contributed by atoms with E-state index < -0.39 is 5.41 Å². The summed E-state index contributed by atoms with van der Waals surface area (Å²) in [6.07, 6.45) is 0. The first-order valence-electron chi connectivity index (χ1n) is 5.85. The van der Waals surface area contributed by atoms with Gasteiger partial charge in [-0.1, -0.05) is 12.1 Å². The molecule has 1 rings (SSSR count). The van der Waals surface area contributed by atoms with Crippen molar-refractivity contribution >= 4 is 5.91 Å². The average molecular weight is 246 g/mol. The molecule has 0 saturated heterocycles. The maximum absolute atomic E-state index is 11.6. The summed E-state index contributed by atoms with van der Waals surface area (Å²) in [5, 5.41) is 11.5. The zero-order chi connectivity index (χ0) is 13.6.